The third-order valence-corrected chi connectivity index (χ3v) is 2.61. The van der Waals surface area contributed by atoms with Gasteiger partial charge in [-0.3, -0.25) is 4.79 Å². The van der Waals surface area contributed by atoms with E-state index in [0.717, 1.165) is 11.8 Å². The second-order valence-corrected chi connectivity index (χ2v) is 3.92. The van der Waals surface area contributed by atoms with Crippen molar-refractivity contribution in [2.45, 2.75) is 5.16 Å². The number of anilines is 1. The predicted octanol–water partition coefficient (Wildman–Crippen LogP) is -0.700. The van der Waals surface area contributed by atoms with Crippen molar-refractivity contribution >= 4 is 23.7 Å². The first-order valence-corrected chi connectivity index (χ1v) is 5.74. The summed E-state index contributed by atoms with van der Waals surface area (Å²) in [6.45, 7) is 0. The van der Waals surface area contributed by atoms with E-state index in [-0.39, 0.29) is 23.6 Å². The lowest BCUT2D eigenvalue weighted by Gasteiger charge is -2.03. The van der Waals surface area contributed by atoms with E-state index in [0.29, 0.717) is 5.16 Å². The third kappa shape index (κ3) is 2.91. The summed E-state index contributed by atoms with van der Waals surface area (Å²) in [4.78, 5) is 26.7. The van der Waals surface area contributed by atoms with Gasteiger partial charge in [-0.25, -0.2) is 4.98 Å². The van der Waals surface area contributed by atoms with Crippen LogP contribution < -0.4 is 5.73 Å². The van der Waals surface area contributed by atoms with E-state index in [1.54, 1.807) is 0 Å². The number of hydrogen-bond donors (Lipinski definition) is 1. The number of hydrogen-bond acceptors (Lipinski definition) is 9. The van der Waals surface area contributed by atoms with E-state index in [4.69, 9.17) is 5.73 Å². The Morgan fingerprint density at radius 1 is 1.50 bits per heavy atom. The molecule has 0 atom stereocenters. The lowest BCUT2D eigenvalue weighted by molar-refractivity contribution is -0.137. The van der Waals surface area contributed by atoms with Gasteiger partial charge in [0.25, 0.3) is 5.95 Å². The number of methoxy groups -OCH3 is 1. The van der Waals surface area contributed by atoms with Gasteiger partial charge in [0.1, 0.15) is 12.7 Å². The van der Waals surface area contributed by atoms with E-state index in [2.05, 4.69) is 29.8 Å². The van der Waals surface area contributed by atoms with Crippen molar-refractivity contribution in [3.63, 3.8) is 0 Å². The van der Waals surface area contributed by atoms with Gasteiger partial charge >= 0.3 is 5.97 Å². The van der Waals surface area contributed by atoms with Crippen molar-refractivity contribution in [3.05, 3.63) is 12.7 Å². The number of esters is 1. The van der Waals surface area contributed by atoms with Crippen molar-refractivity contribution in [2.24, 2.45) is 0 Å². The van der Waals surface area contributed by atoms with Crippen LogP contribution >= 0.6 is 11.8 Å². The maximum absolute atomic E-state index is 11.0. The maximum Gasteiger partial charge on any atom is 0.316 e. The molecule has 94 valence electrons. The molecule has 0 aliphatic rings. The summed E-state index contributed by atoms with van der Waals surface area (Å²) in [5, 5.41) is 4.19. The van der Waals surface area contributed by atoms with Crippen LogP contribution in [0.2, 0.25) is 0 Å². The average molecular weight is 267 g/mol. The Hall–Kier alpha value is -2.23. The number of nitrogens with zero attached hydrogens (tertiary/aromatic N) is 6. The number of thioether (sulfide) groups is 1. The summed E-state index contributed by atoms with van der Waals surface area (Å²) >= 11 is 1.10. The highest BCUT2D eigenvalue weighted by Crippen LogP contribution is 2.14. The first kappa shape index (κ1) is 12.2. The van der Waals surface area contributed by atoms with Gasteiger partial charge in [0.2, 0.25) is 5.95 Å². The Morgan fingerprint density at radius 3 is 3.00 bits per heavy atom. The number of carbonyl (C=O) groups excluding carboxylic acids is 1. The van der Waals surface area contributed by atoms with E-state index in [1.165, 1.54) is 24.4 Å². The second-order valence-electron chi connectivity index (χ2n) is 2.98. The molecule has 0 spiro atoms. The molecule has 0 aliphatic carbocycles. The van der Waals surface area contributed by atoms with E-state index < -0.39 is 0 Å². The molecule has 10 heteroatoms. The first-order valence-electron chi connectivity index (χ1n) is 4.75. The van der Waals surface area contributed by atoms with Crippen LogP contribution in [0.5, 0.6) is 0 Å². The van der Waals surface area contributed by atoms with Crippen molar-refractivity contribution < 1.29 is 9.53 Å². The Kier molecular flexibility index (Phi) is 3.67. The largest absolute Gasteiger partial charge is 0.468 e. The molecule has 2 N–H and O–H groups in total. The summed E-state index contributed by atoms with van der Waals surface area (Å²) in [7, 11) is 1.31. The summed E-state index contributed by atoms with van der Waals surface area (Å²) < 4.78 is 5.86. The van der Waals surface area contributed by atoms with E-state index >= 15 is 0 Å². The molecule has 0 radical (unpaired) electrons. The molecule has 0 fully saturated rings. The minimum Gasteiger partial charge on any atom is -0.468 e. The Morgan fingerprint density at radius 2 is 2.33 bits per heavy atom. The van der Waals surface area contributed by atoms with Gasteiger partial charge in [-0.1, -0.05) is 11.8 Å². The number of aromatic nitrogens is 6. The molecular formula is C8H9N7O2S. The van der Waals surface area contributed by atoms with Crippen LogP contribution in [0.15, 0.2) is 17.8 Å². The van der Waals surface area contributed by atoms with Crippen molar-refractivity contribution in [2.75, 3.05) is 18.6 Å². The van der Waals surface area contributed by atoms with Crippen LogP contribution in [-0.4, -0.2) is 48.5 Å². The quantitative estimate of drug-likeness (QED) is 0.565. The fraction of sp³-hybridized carbons (Fsp3) is 0.250. The molecule has 2 rings (SSSR count). The second kappa shape index (κ2) is 5.40. The van der Waals surface area contributed by atoms with Crippen molar-refractivity contribution in [3.8, 4) is 5.95 Å². The van der Waals surface area contributed by atoms with Crippen molar-refractivity contribution in [1.29, 1.82) is 0 Å². The fourth-order valence-electron chi connectivity index (χ4n) is 1.02. The number of nitrogens with two attached hydrogens (primary N) is 1. The van der Waals surface area contributed by atoms with Crippen LogP contribution in [0.4, 0.5) is 5.95 Å². The lowest BCUT2D eigenvalue weighted by atomic mass is 10.8. The highest BCUT2D eigenvalue weighted by molar-refractivity contribution is 7.99. The molecule has 0 saturated carbocycles. The SMILES string of the molecule is COC(=O)CSc1nc(N)nc(-n2cncn2)n1. The number of ether oxygens (including phenoxy) is 1. The molecule has 0 aromatic carbocycles. The molecule has 0 aliphatic heterocycles. The van der Waals surface area contributed by atoms with Gasteiger partial charge in [-0.2, -0.15) is 24.7 Å². The predicted molar refractivity (Wildman–Crippen MR) is 61.9 cm³/mol. The maximum atomic E-state index is 11.0. The number of nitrogen functional groups attached to an aromatic ring is 1. The Labute approximate surface area is 106 Å². The molecule has 0 amide bonds. The smallest absolute Gasteiger partial charge is 0.316 e. The van der Waals surface area contributed by atoms with Gasteiger partial charge in [-0.15, -0.1) is 0 Å². The third-order valence-electron chi connectivity index (χ3n) is 1.79. The monoisotopic (exact) mass is 267 g/mol. The number of carbonyl (C=O) groups is 1. The molecule has 2 heterocycles. The van der Waals surface area contributed by atoms with Gasteiger partial charge in [0.15, 0.2) is 5.16 Å². The first-order chi connectivity index (χ1) is 8.69. The Balaban J connectivity index is 2.19. The molecule has 2 aromatic heterocycles. The molecule has 0 saturated heterocycles. The zero-order valence-corrected chi connectivity index (χ0v) is 10.2. The zero-order valence-electron chi connectivity index (χ0n) is 9.35. The van der Waals surface area contributed by atoms with Gasteiger partial charge in [-0.05, 0) is 0 Å². The summed E-state index contributed by atoms with van der Waals surface area (Å²) in [5.41, 5.74) is 5.55. The summed E-state index contributed by atoms with van der Waals surface area (Å²) in [6.07, 6.45) is 2.78. The highest BCUT2D eigenvalue weighted by atomic mass is 32.2. The minimum atomic E-state index is -0.374. The molecular weight excluding hydrogens is 258 g/mol. The topological polar surface area (TPSA) is 122 Å². The van der Waals surface area contributed by atoms with Crippen LogP contribution in [0.3, 0.4) is 0 Å². The standard InChI is InChI=1S/C8H9N7O2S/c1-17-5(16)2-18-8-13-6(9)12-7(14-8)15-4-10-3-11-15/h3-4H,2H2,1H3,(H2,9,12,13,14). The van der Waals surface area contributed by atoms with Gasteiger partial charge < -0.3 is 10.5 Å². The summed E-state index contributed by atoms with van der Waals surface area (Å²) in [5.74, 6) is 0.00744. The van der Waals surface area contributed by atoms with Gasteiger partial charge in [0, 0.05) is 0 Å². The molecule has 9 nitrogen and oxygen atoms in total. The Bertz CT molecular complexity index is 544. The van der Waals surface area contributed by atoms with E-state index in [1.807, 2.05) is 0 Å². The fourth-order valence-corrected chi connectivity index (χ4v) is 1.69. The van der Waals surface area contributed by atoms with Crippen LogP contribution in [0, 0.1) is 0 Å². The van der Waals surface area contributed by atoms with Crippen LogP contribution in [0.1, 0.15) is 0 Å². The van der Waals surface area contributed by atoms with Gasteiger partial charge in [0.05, 0.1) is 12.9 Å². The molecule has 2 aromatic rings. The zero-order chi connectivity index (χ0) is 13.0. The average Bonchev–Trinajstić information content (AvgIpc) is 2.89. The highest BCUT2D eigenvalue weighted by Gasteiger charge is 2.09. The normalized spacial score (nSPS) is 10.3. The van der Waals surface area contributed by atoms with Crippen molar-refractivity contribution in [1.82, 2.24) is 29.7 Å². The lowest BCUT2D eigenvalue weighted by Crippen LogP contribution is -2.09. The number of rotatable bonds is 4. The molecule has 0 unspecified atom stereocenters. The summed E-state index contributed by atoms with van der Waals surface area (Å²) in [6, 6.07) is 0. The molecule has 0 bridgehead atoms. The molecule has 18 heavy (non-hydrogen) atoms. The van der Waals surface area contributed by atoms with Crippen LogP contribution in [-0.2, 0) is 9.53 Å². The minimum absolute atomic E-state index is 0.0443. The van der Waals surface area contributed by atoms with E-state index in [9.17, 15) is 4.79 Å². The van der Waals surface area contributed by atoms with Crippen LogP contribution in [0.25, 0.3) is 5.95 Å².